The molecule has 1 aromatic rings. The van der Waals surface area contributed by atoms with Crippen LogP contribution in [0.4, 0.5) is 4.79 Å². The predicted octanol–water partition coefficient (Wildman–Crippen LogP) is 6.92. The van der Waals surface area contributed by atoms with Crippen LogP contribution in [0.25, 0.3) is 0 Å². The molecule has 0 spiro atoms. The number of amidine groups is 1. The molecule has 0 N–H and O–H groups in total. The third kappa shape index (κ3) is 7.73. The Morgan fingerprint density at radius 1 is 1.31 bits per heavy atom. The minimum atomic E-state index is -0.534. The van der Waals surface area contributed by atoms with Gasteiger partial charge in [0, 0.05) is 22.9 Å². The van der Waals surface area contributed by atoms with E-state index in [4.69, 9.17) is 21.3 Å². The van der Waals surface area contributed by atoms with Gasteiger partial charge in [0.1, 0.15) is 11.4 Å². The highest BCUT2D eigenvalue weighted by Gasteiger charge is 2.37. The van der Waals surface area contributed by atoms with Crippen molar-refractivity contribution in [2.24, 2.45) is 10.9 Å². The number of ether oxygens (including phenoxy) is 1. The van der Waals surface area contributed by atoms with Crippen LogP contribution in [-0.4, -0.2) is 44.6 Å². The summed E-state index contributed by atoms with van der Waals surface area (Å²) in [5.41, 5.74) is 1.40. The van der Waals surface area contributed by atoms with Crippen molar-refractivity contribution in [1.29, 1.82) is 0 Å². The number of halogens is 1. The highest BCUT2D eigenvalue weighted by molar-refractivity contribution is 7.97. The van der Waals surface area contributed by atoms with Gasteiger partial charge in [0.2, 0.25) is 0 Å². The molecule has 7 heteroatoms. The molecule has 2 aliphatic rings. The highest BCUT2D eigenvalue weighted by atomic mass is 35.5. The van der Waals surface area contributed by atoms with Gasteiger partial charge < -0.3 is 9.04 Å². The second-order valence-electron chi connectivity index (χ2n) is 10.4. The first-order valence-electron chi connectivity index (χ1n) is 11.3. The molecule has 0 aromatic heterocycles. The molecule has 0 bridgehead atoms. The van der Waals surface area contributed by atoms with Crippen molar-refractivity contribution in [2.75, 3.05) is 12.3 Å². The van der Waals surface area contributed by atoms with E-state index < -0.39 is 5.60 Å². The van der Waals surface area contributed by atoms with Gasteiger partial charge in [0.15, 0.2) is 0 Å². The Hall–Kier alpha value is -1.66. The second kappa shape index (κ2) is 10.1. The third-order valence-corrected chi connectivity index (χ3v) is 6.87. The fourth-order valence-corrected chi connectivity index (χ4v) is 4.83. The molecule has 1 aliphatic carbocycles. The monoisotopic (exact) mass is 477 g/mol. The molecule has 176 valence electrons. The normalized spacial score (nSPS) is 17.8. The molecule has 3 rings (SSSR count). The van der Waals surface area contributed by atoms with Gasteiger partial charge in [0.05, 0.1) is 18.6 Å². The lowest BCUT2D eigenvalue weighted by Crippen LogP contribution is -2.41. The maximum Gasteiger partial charge on any atom is 0.415 e. The largest absolute Gasteiger partial charge is 0.443 e. The zero-order valence-electron chi connectivity index (χ0n) is 20.0. The summed E-state index contributed by atoms with van der Waals surface area (Å²) in [7, 11) is 0. The fraction of sp³-hybridized carbons (Fsp3) is 0.600. The van der Waals surface area contributed by atoms with E-state index in [1.165, 1.54) is 18.4 Å². The number of carbonyl (C=O) groups is 1. The summed E-state index contributed by atoms with van der Waals surface area (Å²) in [6.07, 6.45) is 3.71. The van der Waals surface area contributed by atoms with Gasteiger partial charge in [-0.15, -0.1) is 0 Å². The molecule has 0 atom stereocenters. The van der Waals surface area contributed by atoms with Crippen molar-refractivity contribution in [3.63, 3.8) is 0 Å². The first-order valence-corrected chi connectivity index (χ1v) is 12.7. The van der Waals surface area contributed by atoms with E-state index in [1.54, 1.807) is 4.90 Å². The lowest BCUT2D eigenvalue weighted by molar-refractivity contribution is 0.0365. The standard InChI is InChI=1S/C25H36ClN3O2S/c1-18(29(32-16-20-8-9-20)15-19-10-12-21(26)13-11-19)7-14-22-27-25(5,6)17-28(22)23(30)31-24(2,3)4/h10-13,20H,1,7-9,14-17H2,2-6H3. The molecule has 1 fully saturated rings. The van der Waals surface area contributed by atoms with Crippen molar-refractivity contribution in [3.05, 3.63) is 47.1 Å². The zero-order valence-corrected chi connectivity index (χ0v) is 21.6. The number of hydrogen-bond donors (Lipinski definition) is 0. The van der Waals surface area contributed by atoms with Crippen LogP contribution < -0.4 is 0 Å². The van der Waals surface area contributed by atoms with Gasteiger partial charge in [-0.25, -0.2) is 4.79 Å². The first kappa shape index (κ1) is 25.0. The SMILES string of the molecule is C=C(CCC1=NC(C)(C)CN1C(=O)OC(C)(C)C)N(Cc1ccc(Cl)cc1)SCC1CC1. The lowest BCUT2D eigenvalue weighted by Gasteiger charge is -2.28. The van der Waals surface area contributed by atoms with E-state index in [0.717, 1.165) is 41.2 Å². The van der Waals surface area contributed by atoms with Gasteiger partial charge in [-0.2, -0.15) is 0 Å². The summed E-state index contributed by atoms with van der Waals surface area (Å²) in [6, 6.07) is 7.98. The fourth-order valence-electron chi connectivity index (χ4n) is 3.47. The molecular formula is C25H36ClN3O2S. The van der Waals surface area contributed by atoms with E-state index in [2.05, 4.69) is 23.0 Å². The van der Waals surface area contributed by atoms with Gasteiger partial charge in [-0.1, -0.05) is 30.3 Å². The minimum absolute atomic E-state index is 0.308. The smallest absolute Gasteiger partial charge is 0.415 e. The van der Waals surface area contributed by atoms with Gasteiger partial charge in [-0.05, 0) is 89.4 Å². The topological polar surface area (TPSA) is 45.1 Å². The van der Waals surface area contributed by atoms with E-state index in [1.807, 2.05) is 58.7 Å². The first-order chi connectivity index (χ1) is 14.9. The molecule has 1 aromatic carbocycles. The Bertz CT molecular complexity index is 857. The van der Waals surface area contributed by atoms with Crippen molar-refractivity contribution in [2.45, 2.75) is 78.0 Å². The quantitative estimate of drug-likeness (QED) is 0.362. The van der Waals surface area contributed by atoms with Crippen LogP contribution in [-0.2, 0) is 11.3 Å². The maximum absolute atomic E-state index is 12.8. The van der Waals surface area contributed by atoms with Crippen LogP contribution in [0.2, 0.25) is 5.02 Å². The number of hydrogen-bond acceptors (Lipinski definition) is 5. The van der Waals surface area contributed by atoms with Crippen LogP contribution in [0, 0.1) is 5.92 Å². The van der Waals surface area contributed by atoms with Crippen molar-refractivity contribution in [3.8, 4) is 0 Å². The lowest BCUT2D eigenvalue weighted by atomic mass is 10.1. The number of amides is 1. The van der Waals surface area contributed by atoms with Crippen LogP contribution in [0.1, 0.15) is 65.9 Å². The van der Waals surface area contributed by atoms with Crippen LogP contribution in [0.15, 0.2) is 41.5 Å². The average Bonchev–Trinajstić information content (AvgIpc) is 3.45. The summed E-state index contributed by atoms with van der Waals surface area (Å²) in [4.78, 5) is 19.3. The Balaban J connectivity index is 1.64. The van der Waals surface area contributed by atoms with E-state index >= 15 is 0 Å². The molecule has 0 radical (unpaired) electrons. The van der Waals surface area contributed by atoms with Crippen molar-refractivity contribution < 1.29 is 9.53 Å². The number of aliphatic imine (C=N–C) groups is 1. The molecule has 1 aliphatic heterocycles. The molecule has 32 heavy (non-hydrogen) atoms. The Labute approximate surface area is 202 Å². The third-order valence-electron chi connectivity index (χ3n) is 5.29. The van der Waals surface area contributed by atoms with Gasteiger partial charge in [0.25, 0.3) is 0 Å². The van der Waals surface area contributed by atoms with Crippen molar-refractivity contribution >= 4 is 35.5 Å². The molecule has 1 amide bonds. The Morgan fingerprint density at radius 2 is 1.97 bits per heavy atom. The number of benzene rings is 1. The molecule has 1 heterocycles. The summed E-state index contributed by atoms with van der Waals surface area (Å²) in [5.74, 6) is 2.72. The van der Waals surface area contributed by atoms with E-state index in [0.29, 0.717) is 13.0 Å². The van der Waals surface area contributed by atoms with Crippen LogP contribution >= 0.6 is 23.5 Å². The number of carbonyl (C=O) groups excluding carboxylic acids is 1. The summed E-state index contributed by atoms with van der Waals surface area (Å²) >= 11 is 7.91. The van der Waals surface area contributed by atoms with Gasteiger partial charge in [-0.3, -0.25) is 9.89 Å². The number of allylic oxidation sites excluding steroid dienone is 1. The Morgan fingerprint density at radius 3 is 2.56 bits per heavy atom. The average molecular weight is 478 g/mol. The van der Waals surface area contributed by atoms with E-state index in [-0.39, 0.29) is 11.6 Å². The maximum atomic E-state index is 12.8. The molecule has 0 saturated heterocycles. The molecule has 0 unspecified atom stereocenters. The number of rotatable bonds is 9. The van der Waals surface area contributed by atoms with Gasteiger partial charge >= 0.3 is 6.09 Å². The Kier molecular flexibility index (Phi) is 7.87. The molecule has 1 saturated carbocycles. The molecule has 5 nitrogen and oxygen atoms in total. The van der Waals surface area contributed by atoms with Crippen molar-refractivity contribution in [1.82, 2.24) is 9.21 Å². The number of nitrogens with zero attached hydrogens (tertiary/aromatic N) is 3. The minimum Gasteiger partial charge on any atom is -0.443 e. The van der Waals surface area contributed by atoms with E-state index in [9.17, 15) is 4.79 Å². The molecular weight excluding hydrogens is 442 g/mol. The zero-order chi connectivity index (χ0) is 23.5. The second-order valence-corrected chi connectivity index (χ2v) is 11.8. The summed E-state index contributed by atoms with van der Waals surface area (Å²) in [6.45, 7) is 15.4. The summed E-state index contributed by atoms with van der Waals surface area (Å²) < 4.78 is 7.91. The summed E-state index contributed by atoms with van der Waals surface area (Å²) in [5, 5.41) is 0.744. The van der Waals surface area contributed by atoms with Crippen LogP contribution in [0.3, 0.4) is 0 Å². The highest BCUT2D eigenvalue weighted by Crippen LogP contribution is 2.36. The predicted molar refractivity (Wildman–Crippen MR) is 135 cm³/mol. The van der Waals surface area contributed by atoms with Crippen LogP contribution in [0.5, 0.6) is 0 Å².